The standard InChI is InChI=1S/C15H25N3O2/c1-5-6-7-17(4)11-14(8-16)15(19)18-9-12(2)20-13(3)10-18/h11-13H,5-7,9-10H2,1-4H3/b14-11-. The van der Waals surface area contributed by atoms with Crippen molar-refractivity contribution in [3.05, 3.63) is 11.8 Å². The van der Waals surface area contributed by atoms with Crippen LogP contribution in [0.1, 0.15) is 33.6 Å². The largest absolute Gasteiger partial charge is 0.379 e. The number of hydrogen-bond acceptors (Lipinski definition) is 4. The molecule has 0 saturated carbocycles. The van der Waals surface area contributed by atoms with Crippen molar-refractivity contribution in [1.82, 2.24) is 9.80 Å². The van der Waals surface area contributed by atoms with Crippen molar-refractivity contribution in [2.45, 2.75) is 45.8 Å². The Morgan fingerprint density at radius 2 is 2.05 bits per heavy atom. The van der Waals surface area contributed by atoms with E-state index in [2.05, 4.69) is 6.92 Å². The second-order valence-corrected chi connectivity index (χ2v) is 5.46. The minimum absolute atomic E-state index is 0.0143. The predicted octanol–water partition coefficient (Wildman–Crippen LogP) is 1.76. The van der Waals surface area contributed by atoms with Crippen LogP contribution in [-0.2, 0) is 9.53 Å². The minimum atomic E-state index is -0.196. The fourth-order valence-corrected chi connectivity index (χ4v) is 2.34. The van der Waals surface area contributed by atoms with Crippen LogP contribution in [-0.4, -0.2) is 54.6 Å². The molecule has 1 aliphatic heterocycles. The van der Waals surface area contributed by atoms with Gasteiger partial charge in [-0.2, -0.15) is 5.26 Å². The number of carbonyl (C=O) groups is 1. The predicted molar refractivity (Wildman–Crippen MR) is 77.8 cm³/mol. The number of rotatable bonds is 5. The average Bonchev–Trinajstić information content (AvgIpc) is 2.40. The summed E-state index contributed by atoms with van der Waals surface area (Å²) in [5.41, 5.74) is 0.199. The molecular formula is C15H25N3O2. The van der Waals surface area contributed by atoms with E-state index >= 15 is 0 Å². The maximum Gasteiger partial charge on any atom is 0.266 e. The Hall–Kier alpha value is -1.54. The van der Waals surface area contributed by atoms with Gasteiger partial charge in [-0.05, 0) is 20.3 Å². The van der Waals surface area contributed by atoms with Crippen LogP contribution in [0.5, 0.6) is 0 Å². The highest BCUT2D eigenvalue weighted by molar-refractivity contribution is 5.97. The molecule has 5 heteroatoms. The molecule has 1 aliphatic rings. The van der Waals surface area contributed by atoms with Crippen LogP contribution in [0.4, 0.5) is 0 Å². The van der Waals surface area contributed by atoms with Crippen LogP contribution in [0.25, 0.3) is 0 Å². The van der Waals surface area contributed by atoms with Gasteiger partial charge in [0.25, 0.3) is 5.91 Å². The van der Waals surface area contributed by atoms with Gasteiger partial charge in [-0.1, -0.05) is 13.3 Å². The molecule has 0 bridgehead atoms. The second kappa shape index (κ2) is 7.91. The highest BCUT2D eigenvalue weighted by Crippen LogP contribution is 2.13. The molecule has 0 aliphatic carbocycles. The number of morpholine rings is 1. The lowest BCUT2D eigenvalue weighted by Crippen LogP contribution is -2.48. The smallest absolute Gasteiger partial charge is 0.266 e. The number of ether oxygens (including phenoxy) is 1. The van der Waals surface area contributed by atoms with Crippen molar-refractivity contribution in [1.29, 1.82) is 5.26 Å². The van der Waals surface area contributed by atoms with E-state index in [1.165, 1.54) is 0 Å². The van der Waals surface area contributed by atoms with Gasteiger partial charge < -0.3 is 14.5 Å². The summed E-state index contributed by atoms with van der Waals surface area (Å²) in [6.07, 6.45) is 3.82. The molecular weight excluding hydrogens is 254 g/mol. The number of carbonyl (C=O) groups excluding carboxylic acids is 1. The van der Waals surface area contributed by atoms with Gasteiger partial charge in [-0.25, -0.2) is 0 Å². The van der Waals surface area contributed by atoms with Crippen molar-refractivity contribution >= 4 is 5.91 Å². The minimum Gasteiger partial charge on any atom is -0.379 e. The number of hydrogen-bond donors (Lipinski definition) is 0. The summed E-state index contributed by atoms with van der Waals surface area (Å²) < 4.78 is 5.61. The molecule has 1 heterocycles. The molecule has 2 atom stereocenters. The molecule has 1 rings (SSSR count). The Kier molecular flexibility index (Phi) is 6.53. The van der Waals surface area contributed by atoms with Gasteiger partial charge in [0.05, 0.1) is 12.2 Å². The van der Waals surface area contributed by atoms with Gasteiger partial charge in [0, 0.05) is 32.9 Å². The van der Waals surface area contributed by atoms with Gasteiger partial charge in [0.1, 0.15) is 11.6 Å². The molecule has 0 radical (unpaired) electrons. The molecule has 0 aromatic heterocycles. The molecule has 0 aromatic rings. The van der Waals surface area contributed by atoms with Gasteiger partial charge in [-0.15, -0.1) is 0 Å². The molecule has 2 unspecified atom stereocenters. The summed E-state index contributed by atoms with van der Waals surface area (Å²) in [5, 5.41) is 9.21. The monoisotopic (exact) mass is 279 g/mol. The van der Waals surface area contributed by atoms with Crippen LogP contribution < -0.4 is 0 Å². The van der Waals surface area contributed by atoms with E-state index in [4.69, 9.17) is 4.74 Å². The van der Waals surface area contributed by atoms with Crippen LogP contribution in [0.3, 0.4) is 0 Å². The Morgan fingerprint density at radius 1 is 1.45 bits per heavy atom. The van der Waals surface area contributed by atoms with E-state index in [0.29, 0.717) is 13.1 Å². The van der Waals surface area contributed by atoms with Gasteiger partial charge >= 0.3 is 0 Å². The third-order valence-corrected chi connectivity index (χ3v) is 3.27. The highest BCUT2D eigenvalue weighted by atomic mass is 16.5. The number of nitrogens with zero attached hydrogens (tertiary/aromatic N) is 3. The third-order valence-electron chi connectivity index (χ3n) is 3.27. The number of unbranched alkanes of at least 4 members (excludes halogenated alkanes) is 1. The van der Waals surface area contributed by atoms with Crippen molar-refractivity contribution in [3.8, 4) is 6.07 Å². The van der Waals surface area contributed by atoms with Gasteiger partial charge in [0.2, 0.25) is 0 Å². The first-order valence-corrected chi connectivity index (χ1v) is 7.24. The van der Waals surface area contributed by atoms with Gasteiger partial charge in [0.15, 0.2) is 0 Å². The maximum absolute atomic E-state index is 12.4. The van der Waals surface area contributed by atoms with Crippen molar-refractivity contribution in [3.63, 3.8) is 0 Å². The highest BCUT2D eigenvalue weighted by Gasteiger charge is 2.27. The Bertz CT molecular complexity index is 390. The molecule has 1 fully saturated rings. The molecule has 1 amide bonds. The van der Waals surface area contributed by atoms with Crippen LogP contribution >= 0.6 is 0 Å². The zero-order chi connectivity index (χ0) is 15.1. The summed E-state index contributed by atoms with van der Waals surface area (Å²) in [7, 11) is 1.89. The normalized spacial score (nSPS) is 23.4. The average molecular weight is 279 g/mol. The summed E-state index contributed by atoms with van der Waals surface area (Å²) in [6, 6.07) is 2.02. The third kappa shape index (κ3) is 4.86. The second-order valence-electron chi connectivity index (χ2n) is 5.46. The van der Waals surface area contributed by atoms with E-state index in [1.54, 1.807) is 11.1 Å². The lowest BCUT2D eigenvalue weighted by atomic mass is 10.2. The van der Waals surface area contributed by atoms with Crippen LogP contribution in [0.15, 0.2) is 11.8 Å². The fourth-order valence-electron chi connectivity index (χ4n) is 2.34. The first-order valence-electron chi connectivity index (χ1n) is 7.24. The van der Waals surface area contributed by atoms with Crippen molar-refractivity contribution in [2.24, 2.45) is 0 Å². The SMILES string of the molecule is CCCCN(C)/C=C(/C#N)C(=O)N1CC(C)OC(C)C1. The van der Waals surface area contributed by atoms with Crippen LogP contribution in [0, 0.1) is 11.3 Å². The summed E-state index contributed by atoms with van der Waals surface area (Å²) in [6.45, 7) is 7.94. The maximum atomic E-state index is 12.4. The van der Waals surface area contributed by atoms with E-state index in [9.17, 15) is 10.1 Å². The Balaban J connectivity index is 2.71. The Labute approximate surface area is 121 Å². The lowest BCUT2D eigenvalue weighted by Gasteiger charge is -2.35. The molecule has 112 valence electrons. The summed E-state index contributed by atoms with van der Waals surface area (Å²) >= 11 is 0. The zero-order valence-corrected chi connectivity index (χ0v) is 12.9. The van der Waals surface area contributed by atoms with E-state index in [0.717, 1.165) is 19.4 Å². The van der Waals surface area contributed by atoms with E-state index in [-0.39, 0.29) is 23.7 Å². The van der Waals surface area contributed by atoms with E-state index < -0.39 is 0 Å². The quantitative estimate of drug-likeness (QED) is 0.568. The summed E-state index contributed by atoms with van der Waals surface area (Å²) in [4.78, 5) is 16.0. The van der Waals surface area contributed by atoms with Crippen molar-refractivity contribution in [2.75, 3.05) is 26.7 Å². The summed E-state index contributed by atoms with van der Waals surface area (Å²) in [5.74, 6) is -0.196. The molecule has 0 spiro atoms. The first kappa shape index (κ1) is 16.5. The molecule has 20 heavy (non-hydrogen) atoms. The van der Waals surface area contributed by atoms with E-state index in [1.807, 2.05) is 31.9 Å². The molecule has 5 nitrogen and oxygen atoms in total. The fraction of sp³-hybridized carbons (Fsp3) is 0.733. The zero-order valence-electron chi connectivity index (χ0n) is 12.9. The molecule has 0 aromatic carbocycles. The number of nitriles is 1. The molecule has 1 saturated heterocycles. The van der Waals surface area contributed by atoms with Crippen molar-refractivity contribution < 1.29 is 9.53 Å². The topological polar surface area (TPSA) is 56.6 Å². The van der Waals surface area contributed by atoms with Crippen LogP contribution in [0.2, 0.25) is 0 Å². The van der Waals surface area contributed by atoms with Gasteiger partial charge in [-0.3, -0.25) is 4.79 Å². The molecule has 0 N–H and O–H groups in total. The lowest BCUT2D eigenvalue weighted by molar-refractivity contribution is -0.138. The number of amides is 1. The Morgan fingerprint density at radius 3 is 2.55 bits per heavy atom. The first-order chi connectivity index (χ1) is 9.47.